The van der Waals surface area contributed by atoms with Gasteiger partial charge in [0.1, 0.15) is 5.82 Å². The van der Waals surface area contributed by atoms with Crippen LogP contribution in [0.5, 0.6) is 0 Å². The average Bonchev–Trinajstić information content (AvgIpc) is 2.56. The Balaban J connectivity index is 1.75. The summed E-state index contributed by atoms with van der Waals surface area (Å²) in [7, 11) is 0. The second-order valence-corrected chi connectivity index (χ2v) is 5.59. The SMILES string of the molecule is CC1COCCN1c1cc(NCc2ccccc2)c(N)cn1. The van der Waals surface area contributed by atoms with Gasteiger partial charge in [0, 0.05) is 19.2 Å². The van der Waals surface area contributed by atoms with Crippen molar-refractivity contribution < 1.29 is 4.74 Å². The molecule has 0 amide bonds. The van der Waals surface area contributed by atoms with Gasteiger partial charge in [-0.25, -0.2) is 4.98 Å². The Hall–Kier alpha value is -2.27. The van der Waals surface area contributed by atoms with Crippen molar-refractivity contribution in [3.8, 4) is 0 Å². The number of benzene rings is 1. The lowest BCUT2D eigenvalue weighted by atomic mass is 10.2. The maximum Gasteiger partial charge on any atom is 0.131 e. The number of hydrogen-bond donors (Lipinski definition) is 2. The lowest BCUT2D eigenvalue weighted by Crippen LogP contribution is -2.44. The summed E-state index contributed by atoms with van der Waals surface area (Å²) in [6.45, 7) is 5.22. The zero-order chi connectivity index (χ0) is 15.4. The molecule has 2 aromatic rings. The molecule has 22 heavy (non-hydrogen) atoms. The van der Waals surface area contributed by atoms with Crippen LogP contribution in [0.4, 0.5) is 17.2 Å². The van der Waals surface area contributed by atoms with E-state index in [4.69, 9.17) is 10.5 Å². The summed E-state index contributed by atoms with van der Waals surface area (Å²) in [5, 5.41) is 3.40. The van der Waals surface area contributed by atoms with Crippen molar-refractivity contribution >= 4 is 17.2 Å². The molecule has 5 heteroatoms. The molecule has 1 unspecified atom stereocenters. The lowest BCUT2D eigenvalue weighted by molar-refractivity contribution is 0.0985. The number of rotatable bonds is 4. The molecule has 0 saturated carbocycles. The minimum Gasteiger partial charge on any atom is -0.396 e. The molecule has 1 aliphatic heterocycles. The number of anilines is 3. The molecule has 3 N–H and O–H groups in total. The van der Waals surface area contributed by atoms with Gasteiger partial charge in [-0.1, -0.05) is 30.3 Å². The number of hydrogen-bond acceptors (Lipinski definition) is 5. The first kappa shape index (κ1) is 14.7. The van der Waals surface area contributed by atoms with E-state index in [1.54, 1.807) is 6.20 Å². The Morgan fingerprint density at radius 3 is 2.95 bits per heavy atom. The van der Waals surface area contributed by atoms with E-state index in [1.807, 2.05) is 24.3 Å². The predicted molar refractivity (Wildman–Crippen MR) is 90.0 cm³/mol. The van der Waals surface area contributed by atoms with Gasteiger partial charge in [-0.05, 0) is 12.5 Å². The first-order chi connectivity index (χ1) is 10.7. The van der Waals surface area contributed by atoms with Crippen LogP contribution in [0.25, 0.3) is 0 Å². The summed E-state index contributed by atoms with van der Waals surface area (Å²) < 4.78 is 5.48. The minimum absolute atomic E-state index is 0.326. The van der Waals surface area contributed by atoms with Gasteiger partial charge in [0.2, 0.25) is 0 Å². The standard InChI is InChI=1S/C17H22N4O/c1-13-12-22-8-7-21(13)17-9-16(15(18)11-20-17)19-10-14-5-3-2-4-6-14/h2-6,9,11,13H,7-8,10,12,18H2,1H3,(H,19,20). The van der Waals surface area contributed by atoms with Crippen molar-refractivity contribution in [2.75, 3.05) is 35.7 Å². The van der Waals surface area contributed by atoms with Gasteiger partial charge in [-0.15, -0.1) is 0 Å². The molecule has 0 bridgehead atoms. The number of nitrogens with one attached hydrogen (secondary N) is 1. The van der Waals surface area contributed by atoms with Crippen LogP contribution in [0.1, 0.15) is 12.5 Å². The second kappa shape index (κ2) is 6.66. The molecule has 0 spiro atoms. The van der Waals surface area contributed by atoms with Crippen LogP contribution in [-0.4, -0.2) is 30.8 Å². The second-order valence-electron chi connectivity index (χ2n) is 5.59. The third-order valence-corrected chi connectivity index (χ3v) is 3.91. The van der Waals surface area contributed by atoms with Crippen LogP contribution < -0.4 is 16.0 Å². The molecule has 1 atom stereocenters. The maximum absolute atomic E-state index is 6.05. The highest BCUT2D eigenvalue weighted by molar-refractivity contribution is 5.69. The largest absolute Gasteiger partial charge is 0.396 e. The van der Waals surface area contributed by atoms with Crippen molar-refractivity contribution in [2.45, 2.75) is 19.5 Å². The molecule has 1 saturated heterocycles. The summed E-state index contributed by atoms with van der Waals surface area (Å²) in [5.74, 6) is 0.945. The summed E-state index contributed by atoms with van der Waals surface area (Å²) in [6, 6.07) is 12.6. The number of morpholine rings is 1. The van der Waals surface area contributed by atoms with Crippen LogP contribution >= 0.6 is 0 Å². The Labute approximate surface area is 131 Å². The zero-order valence-electron chi connectivity index (χ0n) is 12.8. The van der Waals surface area contributed by atoms with Crippen LogP contribution in [0.15, 0.2) is 42.6 Å². The Morgan fingerprint density at radius 2 is 2.18 bits per heavy atom. The van der Waals surface area contributed by atoms with Gasteiger partial charge in [0.25, 0.3) is 0 Å². The van der Waals surface area contributed by atoms with Gasteiger partial charge in [0.05, 0.1) is 36.8 Å². The van der Waals surface area contributed by atoms with Gasteiger partial charge < -0.3 is 20.7 Å². The number of nitrogens with two attached hydrogens (primary N) is 1. The number of ether oxygens (including phenoxy) is 1. The third-order valence-electron chi connectivity index (χ3n) is 3.91. The molecular formula is C17H22N4O. The van der Waals surface area contributed by atoms with Crippen LogP contribution in [0.2, 0.25) is 0 Å². The van der Waals surface area contributed by atoms with E-state index in [-0.39, 0.29) is 0 Å². The fourth-order valence-electron chi connectivity index (χ4n) is 2.63. The van der Waals surface area contributed by atoms with Crippen molar-refractivity contribution in [1.82, 2.24) is 4.98 Å². The topological polar surface area (TPSA) is 63.4 Å². The van der Waals surface area contributed by atoms with E-state index in [0.29, 0.717) is 11.7 Å². The zero-order valence-corrected chi connectivity index (χ0v) is 12.8. The smallest absolute Gasteiger partial charge is 0.131 e. The molecular weight excluding hydrogens is 276 g/mol. The molecule has 116 valence electrons. The lowest BCUT2D eigenvalue weighted by Gasteiger charge is -2.34. The molecule has 5 nitrogen and oxygen atoms in total. The summed E-state index contributed by atoms with van der Waals surface area (Å²) in [5.41, 5.74) is 8.86. The molecule has 1 aromatic heterocycles. The molecule has 2 heterocycles. The molecule has 1 aromatic carbocycles. The third kappa shape index (κ3) is 3.31. The number of aromatic nitrogens is 1. The van der Waals surface area contributed by atoms with Gasteiger partial charge in [-0.2, -0.15) is 0 Å². The van der Waals surface area contributed by atoms with Crippen molar-refractivity contribution in [1.29, 1.82) is 0 Å². The fourth-order valence-corrected chi connectivity index (χ4v) is 2.63. The van der Waals surface area contributed by atoms with Crippen LogP contribution in [0, 0.1) is 0 Å². The molecule has 0 aliphatic carbocycles. The van der Waals surface area contributed by atoms with Gasteiger partial charge in [-0.3, -0.25) is 0 Å². The van der Waals surface area contributed by atoms with E-state index in [1.165, 1.54) is 5.56 Å². The number of nitrogen functional groups attached to an aromatic ring is 1. The maximum atomic E-state index is 6.05. The van der Waals surface area contributed by atoms with Crippen molar-refractivity contribution in [3.05, 3.63) is 48.2 Å². The number of pyridine rings is 1. The Morgan fingerprint density at radius 1 is 1.36 bits per heavy atom. The summed E-state index contributed by atoms with van der Waals surface area (Å²) in [4.78, 5) is 6.73. The van der Waals surface area contributed by atoms with Crippen molar-refractivity contribution in [2.24, 2.45) is 0 Å². The highest BCUT2D eigenvalue weighted by atomic mass is 16.5. The normalized spacial score (nSPS) is 18.2. The minimum atomic E-state index is 0.326. The van der Waals surface area contributed by atoms with Crippen LogP contribution in [0.3, 0.4) is 0 Å². The average molecular weight is 298 g/mol. The van der Waals surface area contributed by atoms with E-state index < -0.39 is 0 Å². The monoisotopic (exact) mass is 298 g/mol. The van der Waals surface area contributed by atoms with Crippen LogP contribution in [-0.2, 0) is 11.3 Å². The Bertz CT molecular complexity index is 617. The molecule has 3 rings (SSSR count). The number of nitrogens with zero attached hydrogens (tertiary/aromatic N) is 2. The molecule has 1 aliphatic rings. The summed E-state index contributed by atoms with van der Waals surface area (Å²) >= 11 is 0. The summed E-state index contributed by atoms with van der Waals surface area (Å²) in [6.07, 6.45) is 1.73. The fraction of sp³-hybridized carbons (Fsp3) is 0.353. The Kier molecular flexibility index (Phi) is 4.44. The van der Waals surface area contributed by atoms with E-state index in [0.717, 1.165) is 37.8 Å². The van der Waals surface area contributed by atoms with E-state index in [2.05, 4.69) is 34.3 Å². The predicted octanol–water partition coefficient (Wildman–Crippen LogP) is 2.50. The molecule has 1 fully saturated rings. The van der Waals surface area contributed by atoms with E-state index in [9.17, 15) is 0 Å². The quantitative estimate of drug-likeness (QED) is 0.908. The molecule has 0 radical (unpaired) electrons. The first-order valence-corrected chi connectivity index (χ1v) is 7.62. The van der Waals surface area contributed by atoms with E-state index >= 15 is 0 Å². The highest BCUT2D eigenvalue weighted by Gasteiger charge is 2.20. The highest BCUT2D eigenvalue weighted by Crippen LogP contribution is 2.25. The van der Waals surface area contributed by atoms with Gasteiger partial charge >= 0.3 is 0 Å². The van der Waals surface area contributed by atoms with Crippen molar-refractivity contribution in [3.63, 3.8) is 0 Å². The van der Waals surface area contributed by atoms with Gasteiger partial charge in [0.15, 0.2) is 0 Å². The first-order valence-electron chi connectivity index (χ1n) is 7.62.